The van der Waals surface area contributed by atoms with Gasteiger partial charge in [-0.05, 0) is 24.7 Å². The van der Waals surface area contributed by atoms with Crippen LogP contribution in [0.25, 0.3) is 0 Å². The molecule has 0 aromatic carbocycles. The fourth-order valence-corrected chi connectivity index (χ4v) is 2.40. The van der Waals surface area contributed by atoms with Gasteiger partial charge < -0.3 is 11.1 Å². The van der Waals surface area contributed by atoms with E-state index in [1.54, 1.807) is 0 Å². The third-order valence-electron chi connectivity index (χ3n) is 3.36. The number of hydrogen-bond donors (Lipinski definition) is 2. The molecule has 2 amide bonds. The van der Waals surface area contributed by atoms with Gasteiger partial charge in [-0.2, -0.15) is 4.99 Å². The summed E-state index contributed by atoms with van der Waals surface area (Å²) in [4.78, 5) is 14.7. The molecule has 2 aliphatic rings. The second-order valence-electron chi connectivity index (χ2n) is 4.48. The van der Waals surface area contributed by atoms with Gasteiger partial charge in [0.1, 0.15) is 5.84 Å². The lowest BCUT2D eigenvalue weighted by molar-refractivity contribution is 0.237. The van der Waals surface area contributed by atoms with Gasteiger partial charge in [0.05, 0.1) is 6.04 Å². The first-order chi connectivity index (χ1) is 6.66. The van der Waals surface area contributed by atoms with Crippen molar-refractivity contribution in [3.05, 3.63) is 0 Å². The van der Waals surface area contributed by atoms with Gasteiger partial charge in [0.2, 0.25) is 0 Å². The summed E-state index contributed by atoms with van der Waals surface area (Å²) < 4.78 is 0. The Hall–Kier alpha value is -1.06. The Balaban J connectivity index is 1.97. The van der Waals surface area contributed by atoms with E-state index in [-0.39, 0.29) is 12.1 Å². The van der Waals surface area contributed by atoms with Crippen molar-refractivity contribution in [2.45, 2.75) is 38.6 Å². The molecule has 1 fully saturated rings. The van der Waals surface area contributed by atoms with Gasteiger partial charge in [-0.1, -0.05) is 19.8 Å². The lowest BCUT2D eigenvalue weighted by atomic mass is 9.79. The van der Waals surface area contributed by atoms with Crippen LogP contribution in [0.3, 0.4) is 0 Å². The Kier molecular flexibility index (Phi) is 2.44. The monoisotopic (exact) mass is 195 g/mol. The number of nitrogens with two attached hydrogens (primary N) is 1. The van der Waals surface area contributed by atoms with Crippen molar-refractivity contribution in [2.24, 2.45) is 22.6 Å². The topological polar surface area (TPSA) is 67.5 Å². The molecule has 1 atom stereocenters. The number of aliphatic imine (C=N–C) groups is 1. The Bertz CT molecular complexity index is 267. The Labute approximate surface area is 84.0 Å². The average Bonchev–Trinajstić information content (AvgIpc) is 2.47. The summed E-state index contributed by atoms with van der Waals surface area (Å²) in [6.45, 7) is 2.28. The summed E-state index contributed by atoms with van der Waals surface area (Å²) in [6, 6.07) is -0.263. The summed E-state index contributed by atoms with van der Waals surface area (Å²) in [6.07, 6.45) is 4.79. The molecule has 1 saturated carbocycles. The van der Waals surface area contributed by atoms with E-state index in [0.29, 0.717) is 11.8 Å². The maximum Gasteiger partial charge on any atom is 0.343 e. The van der Waals surface area contributed by atoms with Gasteiger partial charge in [0, 0.05) is 0 Å². The standard InChI is InChI=1S/C10H17N3O/c1-6-2-4-7(5-3-6)8-9(11)13-10(14)12-8/h6-8H,2-5H2,1H3,(H3,11,12,13,14). The quantitative estimate of drug-likeness (QED) is 0.661. The zero-order chi connectivity index (χ0) is 10.1. The van der Waals surface area contributed by atoms with Gasteiger partial charge in [-0.25, -0.2) is 4.79 Å². The second-order valence-corrected chi connectivity index (χ2v) is 4.48. The molecule has 0 aromatic heterocycles. The fourth-order valence-electron chi connectivity index (χ4n) is 2.40. The molecule has 1 aliphatic carbocycles. The van der Waals surface area contributed by atoms with Gasteiger partial charge in [-0.3, -0.25) is 0 Å². The third kappa shape index (κ3) is 1.74. The lowest BCUT2D eigenvalue weighted by Crippen LogP contribution is -2.43. The number of hydrogen-bond acceptors (Lipinski definition) is 2. The van der Waals surface area contributed by atoms with Crippen molar-refractivity contribution in [1.82, 2.24) is 5.32 Å². The van der Waals surface area contributed by atoms with Crippen LogP contribution in [0.4, 0.5) is 4.79 Å². The third-order valence-corrected chi connectivity index (χ3v) is 3.36. The molecular formula is C10H17N3O. The first-order valence-electron chi connectivity index (χ1n) is 5.31. The maximum atomic E-state index is 11.0. The summed E-state index contributed by atoms with van der Waals surface area (Å²) >= 11 is 0. The Morgan fingerprint density at radius 1 is 1.36 bits per heavy atom. The zero-order valence-corrected chi connectivity index (χ0v) is 8.49. The molecule has 1 unspecified atom stereocenters. The SMILES string of the molecule is CC1CCC(C2NC(=O)N=C2N)CC1. The van der Waals surface area contributed by atoms with Crippen LogP contribution in [0.1, 0.15) is 32.6 Å². The second kappa shape index (κ2) is 3.59. The minimum Gasteiger partial charge on any atom is -0.385 e. The molecule has 0 aromatic rings. The number of carbonyl (C=O) groups is 1. The first kappa shape index (κ1) is 9.49. The Morgan fingerprint density at radius 3 is 2.50 bits per heavy atom. The predicted molar refractivity (Wildman–Crippen MR) is 55.1 cm³/mol. The fraction of sp³-hybridized carbons (Fsp3) is 0.800. The van der Waals surface area contributed by atoms with Crippen LogP contribution in [-0.2, 0) is 0 Å². The minimum absolute atomic E-state index is 0.00926. The molecule has 0 bridgehead atoms. The summed E-state index contributed by atoms with van der Waals surface area (Å²) in [5.41, 5.74) is 5.70. The zero-order valence-electron chi connectivity index (χ0n) is 8.49. The van der Waals surface area contributed by atoms with Crippen molar-refractivity contribution in [3.8, 4) is 0 Å². The van der Waals surface area contributed by atoms with Crippen LogP contribution < -0.4 is 11.1 Å². The van der Waals surface area contributed by atoms with Gasteiger partial charge in [0.15, 0.2) is 0 Å². The smallest absolute Gasteiger partial charge is 0.343 e. The molecule has 3 N–H and O–H groups in total. The lowest BCUT2D eigenvalue weighted by Gasteiger charge is -2.30. The van der Waals surface area contributed by atoms with Gasteiger partial charge in [0.25, 0.3) is 0 Å². The van der Waals surface area contributed by atoms with Gasteiger partial charge >= 0.3 is 6.03 Å². The highest BCUT2D eigenvalue weighted by molar-refractivity contribution is 6.02. The van der Waals surface area contributed by atoms with Crippen LogP contribution >= 0.6 is 0 Å². The van der Waals surface area contributed by atoms with Crippen molar-refractivity contribution in [3.63, 3.8) is 0 Å². The van der Waals surface area contributed by atoms with E-state index >= 15 is 0 Å². The van der Waals surface area contributed by atoms with E-state index in [9.17, 15) is 4.79 Å². The molecule has 1 heterocycles. The van der Waals surface area contributed by atoms with Crippen LogP contribution in [0.2, 0.25) is 0 Å². The van der Waals surface area contributed by atoms with Gasteiger partial charge in [-0.15, -0.1) is 0 Å². The van der Waals surface area contributed by atoms with E-state index in [1.165, 1.54) is 12.8 Å². The number of urea groups is 1. The van der Waals surface area contributed by atoms with Crippen LogP contribution in [-0.4, -0.2) is 17.9 Å². The number of nitrogens with zero attached hydrogens (tertiary/aromatic N) is 1. The highest BCUT2D eigenvalue weighted by atomic mass is 16.2. The van der Waals surface area contributed by atoms with E-state index in [2.05, 4.69) is 17.2 Å². The van der Waals surface area contributed by atoms with Crippen LogP contribution in [0, 0.1) is 11.8 Å². The molecule has 2 rings (SSSR count). The molecule has 0 spiro atoms. The highest BCUT2D eigenvalue weighted by Crippen LogP contribution is 2.31. The number of amides is 2. The summed E-state index contributed by atoms with van der Waals surface area (Å²) in [7, 11) is 0. The summed E-state index contributed by atoms with van der Waals surface area (Å²) in [5, 5.41) is 2.82. The van der Waals surface area contributed by atoms with E-state index in [0.717, 1.165) is 18.8 Å². The van der Waals surface area contributed by atoms with Crippen LogP contribution in [0.15, 0.2) is 4.99 Å². The highest BCUT2D eigenvalue weighted by Gasteiger charge is 2.33. The number of rotatable bonds is 1. The van der Waals surface area contributed by atoms with Crippen molar-refractivity contribution < 1.29 is 4.79 Å². The van der Waals surface area contributed by atoms with Crippen molar-refractivity contribution >= 4 is 11.9 Å². The van der Waals surface area contributed by atoms with E-state index in [4.69, 9.17) is 5.73 Å². The molecule has 0 radical (unpaired) electrons. The van der Waals surface area contributed by atoms with E-state index in [1.807, 2.05) is 0 Å². The predicted octanol–water partition coefficient (Wildman–Crippen LogP) is 1.26. The molecule has 4 heteroatoms. The van der Waals surface area contributed by atoms with E-state index < -0.39 is 0 Å². The van der Waals surface area contributed by atoms with Crippen molar-refractivity contribution in [2.75, 3.05) is 0 Å². The molecular weight excluding hydrogens is 178 g/mol. The molecule has 78 valence electrons. The molecule has 1 aliphatic heterocycles. The van der Waals surface area contributed by atoms with Crippen LogP contribution in [0.5, 0.6) is 0 Å². The molecule has 0 saturated heterocycles. The maximum absolute atomic E-state index is 11.0. The Morgan fingerprint density at radius 2 is 2.00 bits per heavy atom. The average molecular weight is 195 g/mol. The normalized spacial score (nSPS) is 37.9. The first-order valence-corrected chi connectivity index (χ1v) is 5.31. The minimum atomic E-state index is -0.272. The number of amidine groups is 1. The largest absolute Gasteiger partial charge is 0.385 e. The molecule has 4 nitrogen and oxygen atoms in total. The number of carbonyl (C=O) groups excluding carboxylic acids is 1. The number of nitrogens with one attached hydrogen (secondary N) is 1. The van der Waals surface area contributed by atoms with Crippen molar-refractivity contribution in [1.29, 1.82) is 0 Å². The molecule has 14 heavy (non-hydrogen) atoms. The summed E-state index contributed by atoms with van der Waals surface area (Å²) in [5.74, 6) is 1.80.